The smallest absolute Gasteiger partial charge is 0.303 e. The molecule has 2 rings (SSSR count). The zero-order valence-corrected chi connectivity index (χ0v) is 16.7. The standard InChI is InChI=1S/C18H24O5.C4H8/c1-18(2)22-12-13(8-4-3-5-11-16(20)21)17(23-18)14-9-6-7-10-15(14)19;1-3-4-2/h3-4,6-7,9-10,13,17,19H,5,8,11-12H2,1-2H3,(H,20,21);3-4H,1-2H3/b2*4-3-. The van der Waals surface area contributed by atoms with Gasteiger partial charge in [-0.25, -0.2) is 0 Å². The van der Waals surface area contributed by atoms with Crippen molar-refractivity contribution >= 4 is 5.97 Å². The Balaban J connectivity index is 0.000000828. The summed E-state index contributed by atoms with van der Waals surface area (Å²) in [6.45, 7) is 8.24. The number of phenols is 1. The lowest BCUT2D eigenvalue weighted by molar-refractivity contribution is -0.295. The first kappa shape index (κ1) is 22.9. The molecule has 0 aromatic heterocycles. The minimum absolute atomic E-state index is 0.0670. The molecule has 27 heavy (non-hydrogen) atoms. The van der Waals surface area contributed by atoms with Crippen LogP contribution < -0.4 is 0 Å². The summed E-state index contributed by atoms with van der Waals surface area (Å²) in [5.41, 5.74) is 0.757. The van der Waals surface area contributed by atoms with Crippen LogP contribution in [-0.2, 0) is 14.3 Å². The number of aliphatic carboxylic acids is 1. The Bertz CT molecular complexity index is 629. The Morgan fingerprint density at radius 3 is 2.48 bits per heavy atom. The van der Waals surface area contributed by atoms with Gasteiger partial charge in [0, 0.05) is 17.9 Å². The second-order valence-corrected chi connectivity index (χ2v) is 6.87. The summed E-state index contributed by atoms with van der Waals surface area (Å²) in [5.74, 6) is -1.21. The van der Waals surface area contributed by atoms with E-state index in [1.54, 1.807) is 12.1 Å². The summed E-state index contributed by atoms with van der Waals surface area (Å²) < 4.78 is 11.8. The SMILES string of the molecule is C/C=C\C.CC1(C)OCC(C/C=C\CCC(=O)O)C(c2ccccc2O)O1. The van der Waals surface area contributed by atoms with Crippen molar-refractivity contribution in [1.29, 1.82) is 0 Å². The van der Waals surface area contributed by atoms with Crippen LogP contribution in [0.15, 0.2) is 48.6 Å². The van der Waals surface area contributed by atoms with Crippen molar-refractivity contribution in [2.45, 2.75) is 58.8 Å². The zero-order valence-electron chi connectivity index (χ0n) is 16.7. The van der Waals surface area contributed by atoms with E-state index in [9.17, 15) is 9.90 Å². The molecule has 0 bridgehead atoms. The van der Waals surface area contributed by atoms with Gasteiger partial charge in [-0.05, 0) is 46.6 Å². The number of ether oxygens (including phenoxy) is 2. The second-order valence-electron chi connectivity index (χ2n) is 6.87. The number of hydrogen-bond donors (Lipinski definition) is 2. The maximum absolute atomic E-state index is 10.5. The number of rotatable bonds is 6. The number of carboxylic acid groups (broad SMARTS) is 1. The third kappa shape index (κ3) is 8.41. The van der Waals surface area contributed by atoms with E-state index >= 15 is 0 Å². The molecule has 0 amide bonds. The van der Waals surface area contributed by atoms with E-state index in [4.69, 9.17) is 14.6 Å². The maximum Gasteiger partial charge on any atom is 0.303 e. The molecular weight excluding hydrogens is 344 g/mol. The molecule has 1 aromatic carbocycles. The number of aromatic hydroxyl groups is 1. The van der Waals surface area contributed by atoms with Crippen molar-refractivity contribution in [3.63, 3.8) is 0 Å². The molecule has 0 saturated carbocycles. The van der Waals surface area contributed by atoms with Gasteiger partial charge in [0.25, 0.3) is 0 Å². The highest BCUT2D eigenvalue weighted by atomic mass is 16.7. The first-order valence-electron chi connectivity index (χ1n) is 9.34. The molecule has 1 aromatic rings. The lowest BCUT2D eigenvalue weighted by Gasteiger charge is -2.41. The van der Waals surface area contributed by atoms with Gasteiger partial charge in [-0.15, -0.1) is 0 Å². The van der Waals surface area contributed by atoms with Gasteiger partial charge in [0.15, 0.2) is 5.79 Å². The van der Waals surface area contributed by atoms with Gasteiger partial charge in [0.1, 0.15) is 5.75 Å². The van der Waals surface area contributed by atoms with Crippen LogP contribution in [0.3, 0.4) is 0 Å². The van der Waals surface area contributed by atoms with Gasteiger partial charge in [-0.3, -0.25) is 4.79 Å². The lowest BCUT2D eigenvalue weighted by Crippen LogP contribution is -2.41. The van der Waals surface area contributed by atoms with Crippen LogP contribution in [-0.4, -0.2) is 28.6 Å². The Kier molecular flexibility index (Phi) is 9.83. The molecule has 0 radical (unpaired) electrons. The topological polar surface area (TPSA) is 76.0 Å². The minimum Gasteiger partial charge on any atom is -0.508 e. The molecular formula is C22H32O5. The van der Waals surface area contributed by atoms with Gasteiger partial charge >= 0.3 is 5.97 Å². The van der Waals surface area contributed by atoms with Gasteiger partial charge in [-0.2, -0.15) is 0 Å². The molecule has 5 nitrogen and oxygen atoms in total. The molecule has 1 aliphatic heterocycles. The van der Waals surface area contributed by atoms with Crippen molar-refractivity contribution in [2.24, 2.45) is 5.92 Å². The summed E-state index contributed by atoms with van der Waals surface area (Å²) in [6.07, 6.45) is 8.92. The maximum atomic E-state index is 10.5. The zero-order chi connectivity index (χ0) is 20.3. The fraction of sp³-hybridized carbons (Fsp3) is 0.500. The number of carboxylic acids is 1. The van der Waals surface area contributed by atoms with Crippen molar-refractivity contribution in [3.05, 3.63) is 54.1 Å². The van der Waals surface area contributed by atoms with Gasteiger partial charge in [0.2, 0.25) is 0 Å². The van der Waals surface area contributed by atoms with E-state index in [0.29, 0.717) is 19.4 Å². The molecule has 2 unspecified atom stereocenters. The van der Waals surface area contributed by atoms with E-state index in [1.807, 2.05) is 64.1 Å². The Morgan fingerprint density at radius 1 is 1.22 bits per heavy atom. The quantitative estimate of drug-likeness (QED) is 0.665. The minimum atomic E-state index is -0.798. The number of carbonyl (C=O) groups is 1. The van der Waals surface area contributed by atoms with Crippen LogP contribution in [0.5, 0.6) is 5.75 Å². The Labute approximate surface area is 162 Å². The van der Waals surface area contributed by atoms with Crippen molar-refractivity contribution < 1.29 is 24.5 Å². The Hall–Kier alpha value is -2.11. The van der Waals surface area contributed by atoms with Crippen LogP contribution in [0.25, 0.3) is 0 Å². The Morgan fingerprint density at radius 2 is 1.89 bits per heavy atom. The van der Waals surface area contributed by atoms with Crippen LogP contribution >= 0.6 is 0 Å². The van der Waals surface area contributed by atoms with Crippen molar-refractivity contribution in [2.75, 3.05) is 6.61 Å². The second kappa shape index (κ2) is 11.6. The van der Waals surface area contributed by atoms with E-state index in [2.05, 4.69) is 0 Å². The summed E-state index contributed by atoms with van der Waals surface area (Å²) in [5, 5.41) is 18.8. The molecule has 5 heteroatoms. The molecule has 0 spiro atoms. The summed E-state index contributed by atoms with van der Waals surface area (Å²) in [4.78, 5) is 10.5. The normalized spacial score (nSPS) is 21.8. The number of allylic oxidation sites excluding steroid dienone is 4. The molecule has 1 fully saturated rings. The highest BCUT2D eigenvalue weighted by molar-refractivity contribution is 5.66. The molecule has 150 valence electrons. The fourth-order valence-corrected chi connectivity index (χ4v) is 2.66. The summed E-state index contributed by atoms with van der Waals surface area (Å²) in [6, 6.07) is 7.17. The number of phenolic OH excluding ortho intramolecular Hbond substituents is 1. The monoisotopic (exact) mass is 376 g/mol. The van der Waals surface area contributed by atoms with Crippen molar-refractivity contribution in [1.82, 2.24) is 0 Å². The average molecular weight is 376 g/mol. The van der Waals surface area contributed by atoms with Crippen LogP contribution in [0.1, 0.15) is 58.6 Å². The van der Waals surface area contributed by atoms with E-state index in [1.165, 1.54) is 0 Å². The molecule has 1 saturated heterocycles. The first-order valence-corrected chi connectivity index (χ1v) is 9.34. The largest absolute Gasteiger partial charge is 0.508 e. The van der Waals surface area contributed by atoms with Crippen molar-refractivity contribution in [3.8, 4) is 5.75 Å². The van der Waals surface area contributed by atoms with Gasteiger partial charge < -0.3 is 19.7 Å². The van der Waals surface area contributed by atoms with Gasteiger partial charge in [-0.1, -0.05) is 42.5 Å². The van der Waals surface area contributed by atoms with Crippen LogP contribution in [0, 0.1) is 5.92 Å². The highest BCUT2D eigenvalue weighted by Crippen LogP contribution is 2.41. The number of hydrogen-bond acceptors (Lipinski definition) is 4. The summed E-state index contributed by atoms with van der Waals surface area (Å²) in [7, 11) is 0. The predicted octanol–water partition coefficient (Wildman–Crippen LogP) is 5.23. The molecule has 1 aliphatic rings. The molecule has 2 N–H and O–H groups in total. The molecule has 2 atom stereocenters. The third-order valence-corrected chi connectivity index (χ3v) is 4.19. The third-order valence-electron chi connectivity index (χ3n) is 4.19. The average Bonchev–Trinajstić information content (AvgIpc) is 2.62. The molecule has 1 heterocycles. The number of para-hydroxylation sites is 1. The molecule has 0 aliphatic carbocycles. The van der Waals surface area contributed by atoms with Gasteiger partial charge in [0.05, 0.1) is 12.7 Å². The van der Waals surface area contributed by atoms with Crippen LogP contribution in [0.4, 0.5) is 0 Å². The first-order chi connectivity index (χ1) is 12.8. The lowest BCUT2D eigenvalue weighted by atomic mass is 9.91. The highest BCUT2D eigenvalue weighted by Gasteiger charge is 2.37. The van der Waals surface area contributed by atoms with E-state index in [0.717, 1.165) is 5.56 Å². The predicted molar refractivity (Wildman–Crippen MR) is 107 cm³/mol. The fourth-order valence-electron chi connectivity index (χ4n) is 2.66. The summed E-state index contributed by atoms with van der Waals surface area (Å²) >= 11 is 0. The number of benzene rings is 1. The van der Waals surface area contributed by atoms with E-state index in [-0.39, 0.29) is 24.2 Å². The van der Waals surface area contributed by atoms with E-state index < -0.39 is 11.8 Å². The van der Waals surface area contributed by atoms with Crippen LogP contribution in [0.2, 0.25) is 0 Å².